The first-order valence-electron chi connectivity index (χ1n) is 5.27. The SMILES string of the molecule is C=C(COc1cc(C(=O)OC)ccc1[N+](=O)[O-])C(=O)O. The standard InChI is InChI=1S/C12H11NO7/c1-7(11(14)15)6-20-10-5-8(12(16)19-2)3-4-9(10)13(17)18/h3-5H,1,6H2,2H3,(H,14,15). The van der Waals surface area contributed by atoms with Crippen LogP contribution in [0.4, 0.5) is 5.69 Å². The molecule has 0 atom stereocenters. The molecule has 0 aliphatic rings. The number of benzene rings is 1. The molecule has 1 N–H and O–H groups in total. The second-order valence-electron chi connectivity index (χ2n) is 3.63. The number of nitro benzene ring substituents is 1. The Bertz CT molecular complexity index is 579. The average molecular weight is 281 g/mol. The molecule has 0 aromatic heterocycles. The summed E-state index contributed by atoms with van der Waals surface area (Å²) in [6.07, 6.45) is 0. The number of carboxylic acid groups (broad SMARTS) is 1. The first-order chi connectivity index (χ1) is 9.36. The molecule has 1 aromatic rings. The highest BCUT2D eigenvalue weighted by Crippen LogP contribution is 2.28. The van der Waals surface area contributed by atoms with E-state index in [1.165, 1.54) is 6.07 Å². The minimum Gasteiger partial charge on any atom is -0.482 e. The number of carbonyl (C=O) groups is 2. The molecule has 0 saturated heterocycles. The van der Waals surface area contributed by atoms with E-state index in [9.17, 15) is 19.7 Å². The summed E-state index contributed by atoms with van der Waals surface area (Å²) in [7, 11) is 1.16. The quantitative estimate of drug-likeness (QED) is 0.362. The van der Waals surface area contributed by atoms with Gasteiger partial charge in [-0.3, -0.25) is 10.1 Å². The lowest BCUT2D eigenvalue weighted by atomic mass is 10.2. The third-order valence-electron chi connectivity index (χ3n) is 2.28. The number of carbonyl (C=O) groups excluding carboxylic acids is 1. The number of nitro groups is 1. The zero-order chi connectivity index (χ0) is 15.3. The third kappa shape index (κ3) is 3.55. The van der Waals surface area contributed by atoms with E-state index in [0.717, 1.165) is 19.2 Å². The van der Waals surface area contributed by atoms with Crippen LogP contribution in [0.15, 0.2) is 30.4 Å². The summed E-state index contributed by atoms with van der Waals surface area (Å²) < 4.78 is 9.51. The molecular formula is C12H11NO7. The van der Waals surface area contributed by atoms with Crippen LogP contribution in [0, 0.1) is 10.1 Å². The van der Waals surface area contributed by atoms with E-state index in [0.29, 0.717) is 0 Å². The summed E-state index contributed by atoms with van der Waals surface area (Å²) in [4.78, 5) is 32.0. The predicted octanol–water partition coefficient (Wildman–Crippen LogP) is 1.40. The molecule has 20 heavy (non-hydrogen) atoms. The highest BCUT2D eigenvalue weighted by molar-refractivity contribution is 5.90. The molecule has 8 nitrogen and oxygen atoms in total. The molecule has 1 aromatic carbocycles. The summed E-state index contributed by atoms with van der Waals surface area (Å²) in [5.74, 6) is -2.21. The molecule has 0 saturated carbocycles. The zero-order valence-corrected chi connectivity index (χ0v) is 10.5. The minimum absolute atomic E-state index is 0.0500. The number of ether oxygens (including phenoxy) is 2. The largest absolute Gasteiger partial charge is 0.482 e. The van der Waals surface area contributed by atoms with Gasteiger partial charge in [-0.25, -0.2) is 9.59 Å². The van der Waals surface area contributed by atoms with Crippen molar-refractivity contribution >= 4 is 17.6 Å². The lowest BCUT2D eigenvalue weighted by Gasteiger charge is -2.08. The van der Waals surface area contributed by atoms with Crippen LogP contribution in [0.2, 0.25) is 0 Å². The van der Waals surface area contributed by atoms with Crippen molar-refractivity contribution in [3.63, 3.8) is 0 Å². The monoisotopic (exact) mass is 281 g/mol. The van der Waals surface area contributed by atoms with Crippen molar-refractivity contribution in [1.82, 2.24) is 0 Å². The molecule has 0 spiro atoms. The Morgan fingerprint density at radius 1 is 1.45 bits per heavy atom. The molecule has 106 valence electrons. The Morgan fingerprint density at radius 3 is 2.60 bits per heavy atom. The van der Waals surface area contributed by atoms with Gasteiger partial charge in [0.2, 0.25) is 0 Å². The molecular weight excluding hydrogens is 270 g/mol. The van der Waals surface area contributed by atoms with Gasteiger partial charge in [0, 0.05) is 12.1 Å². The molecule has 0 amide bonds. The van der Waals surface area contributed by atoms with Crippen LogP contribution >= 0.6 is 0 Å². The van der Waals surface area contributed by atoms with Crippen molar-refractivity contribution in [2.45, 2.75) is 0 Å². The number of hydrogen-bond donors (Lipinski definition) is 1. The van der Waals surface area contributed by atoms with Gasteiger partial charge < -0.3 is 14.6 Å². The van der Waals surface area contributed by atoms with Gasteiger partial charge in [0.05, 0.1) is 23.2 Å². The smallest absolute Gasteiger partial charge is 0.337 e. The number of hydrogen-bond acceptors (Lipinski definition) is 6. The van der Waals surface area contributed by atoms with Gasteiger partial charge in [0.1, 0.15) is 6.61 Å². The van der Waals surface area contributed by atoms with Gasteiger partial charge in [-0.2, -0.15) is 0 Å². The first-order valence-corrected chi connectivity index (χ1v) is 5.27. The molecule has 0 unspecified atom stereocenters. The number of esters is 1. The summed E-state index contributed by atoms with van der Waals surface area (Å²) in [6, 6.07) is 3.40. The van der Waals surface area contributed by atoms with Crippen molar-refractivity contribution in [3.8, 4) is 5.75 Å². The van der Waals surface area contributed by atoms with E-state index in [4.69, 9.17) is 9.84 Å². The number of methoxy groups -OCH3 is 1. The fourth-order valence-electron chi connectivity index (χ4n) is 1.25. The highest BCUT2D eigenvalue weighted by atomic mass is 16.6. The van der Waals surface area contributed by atoms with E-state index >= 15 is 0 Å². The maximum atomic E-state index is 11.3. The average Bonchev–Trinajstić information content (AvgIpc) is 2.43. The van der Waals surface area contributed by atoms with Gasteiger partial charge in [0.15, 0.2) is 5.75 Å². The van der Waals surface area contributed by atoms with E-state index in [1.54, 1.807) is 0 Å². The van der Waals surface area contributed by atoms with Crippen LogP contribution in [0.1, 0.15) is 10.4 Å². The molecule has 0 aliphatic carbocycles. The number of aliphatic carboxylic acids is 1. The summed E-state index contributed by atoms with van der Waals surface area (Å²) in [6.45, 7) is 2.79. The maximum absolute atomic E-state index is 11.3. The van der Waals surface area contributed by atoms with Crippen LogP contribution in [0.3, 0.4) is 0 Å². The van der Waals surface area contributed by atoms with Crippen LogP contribution in [0.5, 0.6) is 5.75 Å². The second kappa shape index (κ2) is 6.32. The molecule has 0 aliphatic heterocycles. The Balaban J connectivity index is 3.06. The molecule has 1 rings (SSSR count). The van der Waals surface area contributed by atoms with Gasteiger partial charge in [-0.15, -0.1) is 0 Å². The molecule has 0 bridgehead atoms. The molecule has 0 heterocycles. The van der Waals surface area contributed by atoms with Crippen LogP contribution in [-0.2, 0) is 9.53 Å². The van der Waals surface area contributed by atoms with Gasteiger partial charge in [0.25, 0.3) is 0 Å². The lowest BCUT2D eigenvalue weighted by molar-refractivity contribution is -0.385. The van der Waals surface area contributed by atoms with Crippen molar-refractivity contribution < 1.29 is 29.1 Å². The fraction of sp³-hybridized carbons (Fsp3) is 0.167. The Hall–Kier alpha value is -2.90. The van der Waals surface area contributed by atoms with Crippen molar-refractivity contribution in [2.24, 2.45) is 0 Å². The topological polar surface area (TPSA) is 116 Å². The summed E-state index contributed by atoms with van der Waals surface area (Å²) >= 11 is 0. The number of nitrogens with zero attached hydrogens (tertiary/aromatic N) is 1. The van der Waals surface area contributed by atoms with Gasteiger partial charge in [-0.1, -0.05) is 6.58 Å². The second-order valence-corrected chi connectivity index (χ2v) is 3.63. The molecule has 8 heteroatoms. The zero-order valence-electron chi connectivity index (χ0n) is 10.5. The Morgan fingerprint density at radius 2 is 2.10 bits per heavy atom. The fourth-order valence-corrected chi connectivity index (χ4v) is 1.25. The van der Waals surface area contributed by atoms with E-state index < -0.39 is 29.2 Å². The molecule has 0 radical (unpaired) electrons. The van der Waals surface area contributed by atoms with E-state index in [-0.39, 0.29) is 16.9 Å². The van der Waals surface area contributed by atoms with Crippen molar-refractivity contribution in [3.05, 3.63) is 46.0 Å². The van der Waals surface area contributed by atoms with Crippen LogP contribution < -0.4 is 4.74 Å². The molecule has 0 fully saturated rings. The Kier molecular flexibility index (Phi) is 4.79. The minimum atomic E-state index is -1.28. The van der Waals surface area contributed by atoms with Gasteiger partial charge >= 0.3 is 17.6 Å². The first kappa shape index (κ1) is 15.2. The van der Waals surface area contributed by atoms with Crippen LogP contribution in [0.25, 0.3) is 0 Å². The van der Waals surface area contributed by atoms with Crippen molar-refractivity contribution in [1.29, 1.82) is 0 Å². The van der Waals surface area contributed by atoms with Gasteiger partial charge in [-0.05, 0) is 6.07 Å². The normalized spacial score (nSPS) is 9.65. The predicted molar refractivity (Wildman–Crippen MR) is 66.7 cm³/mol. The van der Waals surface area contributed by atoms with Crippen molar-refractivity contribution in [2.75, 3.05) is 13.7 Å². The number of carboxylic acids is 1. The van der Waals surface area contributed by atoms with E-state index in [1.807, 2.05) is 0 Å². The Labute approximate surface area is 113 Å². The van der Waals surface area contributed by atoms with E-state index in [2.05, 4.69) is 11.3 Å². The summed E-state index contributed by atoms with van der Waals surface area (Å²) in [5.41, 5.74) is -0.618. The maximum Gasteiger partial charge on any atom is 0.337 e. The van der Waals surface area contributed by atoms with Crippen LogP contribution in [-0.4, -0.2) is 35.7 Å². The highest BCUT2D eigenvalue weighted by Gasteiger charge is 2.19. The number of rotatable bonds is 6. The third-order valence-corrected chi connectivity index (χ3v) is 2.28. The summed E-state index contributed by atoms with van der Waals surface area (Å²) in [5, 5.41) is 19.5. The lowest BCUT2D eigenvalue weighted by Crippen LogP contribution is -2.10.